The van der Waals surface area contributed by atoms with Crippen molar-refractivity contribution in [2.24, 2.45) is 5.92 Å². The number of benzene rings is 3. The van der Waals surface area contributed by atoms with Crippen molar-refractivity contribution in [3.8, 4) is 17.0 Å². The number of hydrogen-bond donors (Lipinski definition) is 4. The summed E-state index contributed by atoms with van der Waals surface area (Å²) in [5.41, 5.74) is 3.58. The number of ether oxygens (including phenoxy) is 2. The molecule has 1 aliphatic rings. The summed E-state index contributed by atoms with van der Waals surface area (Å²) in [6.45, 7) is 5.62. The van der Waals surface area contributed by atoms with E-state index in [1.165, 1.54) is 31.6 Å². The van der Waals surface area contributed by atoms with Crippen molar-refractivity contribution < 1.29 is 27.8 Å². The van der Waals surface area contributed by atoms with Crippen molar-refractivity contribution in [1.29, 1.82) is 0 Å². The molecule has 3 aromatic carbocycles. The van der Waals surface area contributed by atoms with Crippen LogP contribution in [0.25, 0.3) is 16.9 Å². The fraction of sp³-hybridized carbons (Fsp3) is 0.316. The van der Waals surface area contributed by atoms with Crippen LogP contribution >= 0.6 is 0 Å². The van der Waals surface area contributed by atoms with E-state index < -0.39 is 17.7 Å². The van der Waals surface area contributed by atoms with E-state index in [-0.39, 0.29) is 36.2 Å². The molecular formula is C38H41F2N7O4. The lowest BCUT2D eigenvalue weighted by Crippen LogP contribution is -2.47. The van der Waals surface area contributed by atoms with Gasteiger partial charge in [0.15, 0.2) is 23.0 Å². The monoisotopic (exact) mass is 697 g/mol. The third-order valence-corrected chi connectivity index (χ3v) is 8.92. The number of hydrogen-bond acceptors (Lipinski definition) is 9. The molecule has 13 heteroatoms. The minimum Gasteiger partial charge on any atom is -0.494 e. The summed E-state index contributed by atoms with van der Waals surface area (Å²) in [5, 5.41) is 13.0. The molecule has 1 unspecified atom stereocenters. The first-order valence-corrected chi connectivity index (χ1v) is 17.0. The second-order valence-electron chi connectivity index (χ2n) is 12.4. The maximum atomic E-state index is 14.9. The van der Waals surface area contributed by atoms with Crippen LogP contribution in [0.3, 0.4) is 0 Å². The number of nitrogens with one attached hydrogen (secondary N) is 4. The van der Waals surface area contributed by atoms with Gasteiger partial charge in [0, 0.05) is 54.9 Å². The van der Waals surface area contributed by atoms with Crippen LogP contribution in [0.1, 0.15) is 41.3 Å². The smallest absolute Gasteiger partial charge is 0.308 e. The van der Waals surface area contributed by atoms with Gasteiger partial charge < -0.3 is 30.7 Å². The third kappa shape index (κ3) is 8.50. The number of imidazole rings is 1. The Morgan fingerprint density at radius 1 is 1.06 bits per heavy atom. The predicted octanol–water partition coefficient (Wildman–Crippen LogP) is 5.42. The van der Waals surface area contributed by atoms with Crippen molar-refractivity contribution in [1.82, 2.24) is 30.3 Å². The molecule has 0 aliphatic carbocycles. The van der Waals surface area contributed by atoms with Crippen LogP contribution in [0.15, 0.2) is 79.3 Å². The van der Waals surface area contributed by atoms with Gasteiger partial charge in [-0.2, -0.15) is 4.39 Å². The third-order valence-electron chi connectivity index (χ3n) is 8.92. The van der Waals surface area contributed by atoms with Crippen LogP contribution in [0.4, 0.5) is 20.3 Å². The summed E-state index contributed by atoms with van der Waals surface area (Å²) in [6, 6.07) is 17.2. The van der Waals surface area contributed by atoms with E-state index >= 15 is 0 Å². The second kappa shape index (κ2) is 16.5. The largest absolute Gasteiger partial charge is 0.494 e. The van der Waals surface area contributed by atoms with E-state index in [0.29, 0.717) is 53.7 Å². The standard InChI is InChI=1S/C38H41F2N7O4/c1-3-26-17-27(45-36-37-44-22-31(47(37)16-15-43-36)30-11-12-32(50-2)35(40)34(30)39)9-10-29(26)38(49)46-28(13-14-41-19-25-20-42-21-25)18-33(48)51-23-24-7-5-4-6-8-24/h4-12,15-17,22,25,28,41-42H,3,13-14,18-21,23H2,1-2H3,(H,43,45)(H,46,49). The maximum absolute atomic E-state index is 14.9. The molecule has 4 N–H and O–H groups in total. The number of rotatable bonds is 16. The summed E-state index contributed by atoms with van der Waals surface area (Å²) in [6.07, 6.45) is 5.76. The van der Waals surface area contributed by atoms with Crippen molar-refractivity contribution >= 4 is 29.0 Å². The quantitative estimate of drug-likeness (QED) is 0.0789. The van der Waals surface area contributed by atoms with Gasteiger partial charge in [-0.3, -0.25) is 14.0 Å². The molecule has 0 spiro atoms. The summed E-state index contributed by atoms with van der Waals surface area (Å²) >= 11 is 0. The van der Waals surface area contributed by atoms with Crippen molar-refractivity contribution in [2.45, 2.75) is 38.8 Å². The highest BCUT2D eigenvalue weighted by atomic mass is 19.2. The van der Waals surface area contributed by atoms with E-state index in [0.717, 1.165) is 30.8 Å². The lowest BCUT2D eigenvalue weighted by Gasteiger charge is -2.27. The lowest BCUT2D eigenvalue weighted by atomic mass is 10.0. The number of amides is 1. The predicted molar refractivity (Wildman–Crippen MR) is 190 cm³/mol. The van der Waals surface area contributed by atoms with Crippen LogP contribution in [0, 0.1) is 17.6 Å². The Morgan fingerprint density at radius 2 is 1.88 bits per heavy atom. The van der Waals surface area contributed by atoms with Crippen molar-refractivity contribution in [3.63, 3.8) is 0 Å². The number of halogens is 2. The fourth-order valence-corrected chi connectivity index (χ4v) is 5.98. The Hall–Kier alpha value is -5.40. The molecule has 1 fully saturated rings. The van der Waals surface area contributed by atoms with Gasteiger partial charge in [0.25, 0.3) is 5.91 Å². The normalized spacial score (nSPS) is 13.4. The molecule has 1 saturated heterocycles. The average Bonchev–Trinajstić information content (AvgIpc) is 3.56. The number of anilines is 2. The highest BCUT2D eigenvalue weighted by Gasteiger charge is 2.22. The van der Waals surface area contributed by atoms with Crippen LogP contribution in [0.5, 0.6) is 5.75 Å². The molecule has 5 aromatic rings. The molecule has 3 heterocycles. The van der Waals surface area contributed by atoms with Crippen LogP contribution in [-0.4, -0.2) is 65.6 Å². The highest BCUT2D eigenvalue weighted by molar-refractivity contribution is 5.96. The molecule has 11 nitrogen and oxygen atoms in total. The highest BCUT2D eigenvalue weighted by Crippen LogP contribution is 2.32. The van der Waals surface area contributed by atoms with E-state index in [4.69, 9.17) is 9.47 Å². The first-order chi connectivity index (χ1) is 24.8. The minimum atomic E-state index is -1.08. The minimum absolute atomic E-state index is 0.0239. The Kier molecular flexibility index (Phi) is 11.5. The van der Waals surface area contributed by atoms with Crippen LogP contribution < -0.4 is 26.0 Å². The molecule has 1 amide bonds. The number of esters is 1. The number of carbonyl (C=O) groups excluding carboxylic acids is 2. The fourth-order valence-electron chi connectivity index (χ4n) is 5.98. The van der Waals surface area contributed by atoms with Gasteiger partial charge in [-0.15, -0.1) is 0 Å². The molecule has 0 saturated carbocycles. The number of carbonyl (C=O) groups is 2. The number of fused-ring (bicyclic) bond motifs is 1. The van der Waals surface area contributed by atoms with E-state index in [2.05, 4.69) is 31.2 Å². The number of aromatic nitrogens is 3. The molecule has 2 aromatic heterocycles. The maximum Gasteiger partial charge on any atom is 0.308 e. The van der Waals surface area contributed by atoms with Crippen molar-refractivity contribution in [3.05, 3.63) is 108 Å². The van der Waals surface area contributed by atoms with Gasteiger partial charge in [-0.1, -0.05) is 37.3 Å². The topological polar surface area (TPSA) is 131 Å². The first-order valence-electron chi connectivity index (χ1n) is 17.0. The summed E-state index contributed by atoms with van der Waals surface area (Å²) in [5.74, 6) is -2.01. The van der Waals surface area contributed by atoms with Gasteiger partial charge in [0.2, 0.25) is 5.82 Å². The summed E-state index contributed by atoms with van der Waals surface area (Å²) < 4.78 is 41.5. The Balaban J connectivity index is 1.15. The van der Waals surface area contributed by atoms with Gasteiger partial charge in [-0.05, 0) is 66.8 Å². The molecule has 6 rings (SSSR count). The number of aryl methyl sites for hydroxylation is 1. The lowest BCUT2D eigenvalue weighted by molar-refractivity contribution is -0.145. The van der Waals surface area contributed by atoms with Gasteiger partial charge in [-0.25, -0.2) is 14.4 Å². The Bertz CT molecular complexity index is 1980. The zero-order chi connectivity index (χ0) is 35.7. The second-order valence-corrected chi connectivity index (χ2v) is 12.4. The van der Waals surface area contributed by atoms with Gasteiger partial charge >= 0.3 is 5.97 Å². The molecule has 266 valence electrons. The van der Waals surface area contributed by atoms with E-state index in [9.17, 15) is 18.4 Å². The SMILES string of the molecule is CCc1cc(Nc2nccn3c(-c4ccc(OC)c(F)c4F)cnc23)ccc1C(=O)NC(CCNCC1CNC1)CC(=O)OCc1ccccc1. The average molecular weight is 698 g/mol. The zero-order valence-electron chi connectivity index (χ0n) is 28.5. The first kappa shape index (κ1) is 35.4. The van der Waals surface area contributed by atoms with E-state index in [1.54, 1.807) is 22.7 Å². The van der Waals surface area contributed by atoms with Crippen LogP contribution in [-0.2, 0) is 22.6 Å². The Labute approximate surface area is 294 Å². The Morgan fingerprint density at radius 3 is 2.63 bits per heavy atom. The van der Waals surface area contributed by atoms with E-state index in [1.807, 2.05) is 43.3 Å². The summed E-state index contributed by atoms with van der Waals surface area (Å²) in [4.78, 5) is 35.4. The summed E-state index contributed by atoms with van der Waals surface area (Å²) in [7, 11) is 1.27. The van der Waals surface area contributed by atoms with Crippen molar-refractivity contribution in [2.75, 3.05) is 38.6 Å². The molecule has 1 aliphatic heterocycles. The molecule has 0 radical (unpaired) electrons. The molecular weight excluding hydrogens is 656 g/mol. The zero-order valence-corrected chi connectivity index (χ0v) is 28.5. The molecule has 51 heavy (non-hydrogen) atoms. The molecule has 1 atom stereocenters. The number of methoxy groups -OCH3 is 1. The van der Waals surface area contributed by atoms with Gasteiger partial charge in [0.1, 0.15) is 6.61 Å². The van der Waals surface area contributed by atoms with Gasteiger partial charge in [0.05, 0.1) is 25.4 Å². The number of nitrogens with zero attached hydrogens (tertiary/aromatic N) is 3. The molecule has 0 bridgehead atoms. The van der Waals surface area contributed by atoms with Crippen LogP contribution in [0.2, 0.25) is 0 Å².